The Morgan fingerprint density at radius 2 is 2.15 bits per heavy atom. The fourth-order valence-electron chi connectivity index (χ4n) is 2.22. The van der Waals surface area contributed by atoms with Crippen molar-refractivity contribution in [1.29, 1.82) is 0 Å². The second-order valence-corrected chi connectivity index (χ2v) is 6.34. The second kappa shape index (κ2) is 6.26. The molecule has 0 radical (unpaired) electrons. The molecule has 1 aliphatic rings. The van der Waals surface area contributed by atoms with Gasteiger partial charge in [-0.05, 0) is 39.5 Å². The highest BCUT2D eigenvalue weighted by molar-refractivity contribution is 5.89. The number of anilines is 1. The average Bonchev–Trinajstić information content (AvgIpc) is 2.75. The molecule has 0 bridgehead atoms. The Morgan fingerprint density at radius 1 is 1.45 bits per heavy atom. The van der Waals surface area contributed by atoms with Gasteiger partial charge >= 0.3 is 6.03 Å². The molecule has 2 N–H and O–H groups in total. The first kappa shape index (κ1) is 14.8. The molecule has 1 saturated heterocycles. The van der Waals surface area contributed by atoms with Crippen molar-refractivity contribution in [2.75, 3.05) is 18.5 Å². The van der Waals surface area contributed by atoms with E-state index < -0.39 is 0 Å². The smallest absolute Gasteiger partial charge is 0.319 e. The van der Waals surface area contributed by atoms with Crippen LogP contribution in [0.3, 0.4) is 0 Å². The van der Waals surface area contributed by atoms with Crippen molar-refractivity contribution in [3.8, 4) is 0 Å². The summed E-state index contributed by atoms with van der Waals surface area (Å²) in [7, 11) is 0. The minimum atomic E-state index is -0.248. The van der Waals surface area contributed by atoms with Gasteiger partial charge < -0.3 is 15.4 Å². The van der Waals surface area contributed by atoms with Crippen LogP contribution in [0.2, 0.25) is 0 Å². The van der Waals surface area contributed by atoms with Crippen LogP contribution < -0.4 is 10.6 Å². The maximum Gasteiger partial charge on any atom is 0.319 e. The Labute approximate surface area is 119 Å². The molecular formula is C14H24N4O2. The Bertz CT molecular complexity index is 444. The normalized spacial score (nSPS) is 16.9. The highest BCUT2D eigenvalue weighted by Gasteiger charge is 2.16. The third-order valence-electron chi connectivity index (χ3n) is 3.17. The Morgan fingerprint density at radius 3 is 2.80 bits per heavy atom. The molecule has 1 aromatic rings. The van der Waals surface area contributed by atoms with E-state index in [-0.39, 0.29) is 11.6 Å². The Balaban J connectivity index is 1.84. The number of nitrogens with zero attached hydrogens (tertiary/aromatic N) is 2. The third-order valence-corrected chi connectivity index (χ3v) is 3.17. The van der Waals surface area contributed by atoms with Crippen molar-refractivity contribution < 1.29 is 9.53 Å². The zero-order valence-corrected chi connectivity index (χ0v) is 12.5. The number of carbonyl (C=O) groups is 1. The summed E-state index contributed by atoms with van der Waals surface area (Å²) in [4.78, 5) is 11.8. The van der Waals surface area contributed by atoms with E-state index >= 15 is 0 Å². The largest absolute Gasteiger partial charge is 0.381 e. The van der Waals surface area contributed by atoms with Gasteiger partial charge in [0.15, 0.2) is 0 Å². The number of rotatable bonds is 3. The first-order valence-electron chi connectivity index (χ1n) is 7.12. The van der Waals surface area contributed by atoms with Gasteiger partial charge in [0.2, 0.25) is 0 Å². The summed E-state index contributed by atoms with van der Waals surface area (Å²) in [6.07, 6.45) is 5.71. The van der Waals surface area contributed by atoms with Gasteiger partial charge in [-0.15, -0.1) is 0 Å². The molecule has 112 valence electrons. The highest BCUT2D eigenvalue weighted by Crippen LogP contribution is 2.17. The van der Waals surface area contributed by atoms with Gasteiger partial charge in [0.05, 0.1) is 11.9 Å². The molecule has 0 aromatic carbocycles. The SMILES string of the molecule is CC(C)(C)NC(=O)Nc1cnn(CC2CCOCC2)c1. The molecule has 2 heterocycles. The summed E-state index contributed by atoms with van der Waals surface area (Å²) in [5.41, 5.74) is 0.473. The lowest BCUT2D eigenvalue weighted by atomic mass is 10.0. The lowest BCUT2D eigenvalue weighted by molar-refractivity contribution is 0.0601. The number of aromatic nitrogens is 2. The maximum absolute atomic E-state index is 11.8. The van der Waals surface area contributed by atoms with E-state index in [1.807, 2.05) is 31.6 Å². The molecule has 1 aliphatic heterocycles. The Kier molecular flexibility index (Phi) is 4.65. The molecule has 2 amide bonds. The van der Waals surface area contributed by atoms with Crippen LogP contribution in [0.1, 0.15) is 33.6 Å². The predicted octanol–water partition coefficient (Wildman–Crippen LogP) is 2.23. The fraction of sp³-hybridized carbons (Fsp3) is 0.714. The second-order valence-electron chi connectivity index (χ2n) is 6.34. The van der Waals surface area contributed by atoms with E-state index in [9.17, 15) is 4.79 Å². The molecule has 0 atom stereocenters. The Hall–Kier alpha value is -1.56. The van der Waals surface area contributed by atoms with Gasteiger partial charge in [-0.25, -0.2) is 4.79 Å². The van der Waals surface area contributed by atoms with E-state index in [1.165, 1.54) is 0 Å². The quantitative estimate of drug-likeness (QED) is 0.892. The first-order chi connectivity index (χ1) is 9.42. The monoisotopic (exact) mass is 280 g/mol. The van der Waals surface area contributed by atoms with E-state index in [2.05, 4.69) is 15.7 Å². The van der Waals surface area contributed by atoms with Crippen LogP contribution in [0.15, 0.2) is 12.4 Å². The van der Waals surface area contributed by atoms with Gasteiger partial charge in [-0.3, -0.25) is 4.68 Å². The van der Waals surface area contributed by atoms with Crippen LogP contribution in [-0.4, -0.2) is 34.6 Å². The molecule has 20 heavy (non-hydrogen) atoms. The van der Waals surface area contributed by atoms with Crippen molar-refractivity contribution in [2.24, 2.45) is 5.92 Å². The van der Waals surface area contributed by atoms with Gasteiger partial charge in [-0.2, -0.15) is 5.10 Å². The third kappa shape index (κ3) is 4.85. The molecule has 6 nitrogen and oxygen atoms in total. The van der Waals surface area contributed by atoms with Crippen LogP contribution >= 0.6 is 0 Å². The molecule has 0 saturated carbocycles. The number of urea groups is 1. The van der Waals surface area contributed by atoms with Crippen LogP contribution in [0.4, 0.5) is 10.5 Å². The van der Waals surface area contributed by atoms with Gasteiger partial charge in [0, 0.05) is 31.5 Å². The van der Waals surface area contributed by atoms with Crippen molar-refractivity contribution in [3.05, 3.63) is 12.4 Å². The number of hydrogen-bond acceptors (Lipinski definition) is 3. The van der Waals surface area contributed by atoms with Crippen molar-refractivity contribution in [1.82, 2.24) is 15.1 Å². The molecular weight excluding hydrogens is 256 g/mol. The summed E-state index contributed by atoms with van der Waals surface area (Å²) in [5, 5.41) is 9.95. The maximum atomic E-state index is 11.8. The van der Waals surface area contributed by atoms with Gasteiger partial charge in [-0.1, -0.05) is 0 Å². The summed E-state index contributed by atoms with van der Waals surface area (Å²) in [5.74, 6) is 0.611. The summed E-state index contributed by atoms with van der Waals surface area (Å²) >= 11 is 0. The predicted molar refractivity (Wildman–Crippen MR) is 77.7 cm³/mol. The number of nitrogens with one attached hydrogen (secondary N) is 2. The molecule has 0 spiro atoms. The van der Waals surface area contributed by atoms with Gasteiger partial charge in [0.1, 0.15) is 0 Å². The molecule has 1 fully saturated rings. The molecule has 6 heteroatoms. The first-order valence-corrected chi connectivity index (χ1v) is 7.12. The molecule has 0 unspecified atom stereocenters. The van der Waals surface area contributed by atoms with Crippen molar-refractivity contribution in [3.63, 3.8) is 0 Å². The van der Waals surface area contributed by atoms with E-state index in [1.54, 1.807) is 6.20 Å². The standard InChI is InChI=1S/C14H24N4O2/c1-14(2,3)17-13(19)16-12-8-15-18(10-12)9-11-4-6-20-7-5-11/h8,10-11H,4-7,9H2,1-3H3,(H2,16,17,19). The van der Waals surface area contributed by atoms with Crippen LogP contribution in [0, 0.1) is 5.92 Å². The van der Waals surface area contributed by atoms with E-state index in [4.69, 9.17) is 4.74 Å². The minimum absolute atomic E-state index is 0.205. The molecule has 0 aliphatic carbocycles. The number of carbonyl (C=O) groups excluding carboxylic acids is 1. The average molecular weight is 280 g/mol. The van der Waals surface area contributed by atoms with E-state index in [0.29, 0.717) is 5.92 Å². The lowest BCUT2D eigenvalue weighted by Gasteiger charge is -2.21. The molecule has 1 aromatic heterocycles. The van der Waals surface area contributed by atoms with Crippen LogP contribution in [-0.2, 0) is 11.3 Å². The van der Waals surface area contributed by atoms with E-state index in [0.717, 1.165) is 38.3 Å². The number of amides is 2. The zero-order chi connectivity index (χ0) is 14.6. The highest BCUT2D eigenvalue weighted by atomic mass is 16.5. The van der Waals surface area contributed by atoms with Crippen molar-refractivity contribution >= 4 is 11.7 Å². The zero-order valence-electron chi connectivity index (χ0n) is 12.5. The lowest BCUT2D eigenvalue weighted by Crippen LogP contribution is -2.43. The van der Waals surface area contributed by atoms with Crippen LogP contribution in [0.5, 0.6) is 0 Å². The minimum Gasteiger partial charge on any atom is -0.381 e. The fourth-order valence-corrected chi connectivity index (χ4v) is 2.22. The number of ether oxygens (including phenoxy) is 1. The van der Waals surface area contributed by atoms with Crippen LogP contribution in [0.25, 0.3) is 0 Å². The van der Waals surface area contributed by atoms with Gasteiger partial charge in [0.25, 0.3) is 0 Å². The van der Waals surface area contributed by atoms with Crippen molar-refractivity contribution in [2.45, 2.75) is 45.7 Å². The summed E-state index contributed by atoms with van der Waals surface area (Å²) < 4.78 is 7.24. The molecule has 2 rings (SSSR count). The summed E-state index contributed by atoms with van der Waals surface area (Å²) in [6, 6.07) is -0.205. The topological polar surface area (TPSA) is 68.2 Å². The summed E-state index contributed by atoms with van der Waals surface area (Å²) in [6.45, 7) is 8.39. The number of hydrogen-bond donors (Lipinski definition) is 2.